The zero-order chi connectivity index (χ0) is 16.4. The van der Waals surface area contributed by atoms with E-state index in [1.807, 2.05) is 6.92 Å². The summed E-state index contributed by atoms with van der Waals surface area (Å²) in [6.07, 6.45) is 2.24. The second-order valence-electron chi connectivity index (χ2n) is 5.93. The summed E-state index contributed by atoms with van der Waals surface area (Å²) < 4.78 is 26.6. The summed E-state index contributed by atoms with van der Waals surface area (Å²) in [6.45, 7) is 3.66. The Kier molecular flexibility index (Phi) is 4.52. The molecule has 2 heterocycles. The quantitative estimate of drug-likeness (QED) is 0.942. The third-order valence-electron chi connectivity index (χ3n) is 4.02. The van der Waals surface area contributed by atoms with Gasteiger partial charge in [0.25, 0.3) is 5.56 Å². The van der Waals surface area contributed by atoms with Crippen LogP contribution in [0.5, 0.6) is 0 Å². The second-order valence-corrected chi connectivity index (χ2v) is 5.93. The molecule has 23 heavy (non-hydrogen) atoms. The van der Waals surface area contributed by atoms with Gasteiger partial charge in [0.1, 0.15) is 17.5 Å². The van der Waals surface area contributed by atoms with Gasteiger partial charge >= 0.3 is 0 Å². The average molecular weight is 319 g/mol. The number of benzene rings is 1. The van der Waals surface area contributed by atoms with Gasteiger partial charge in [-0.05, 0) is 30.5 Å². The first kappa shape index (κ1) is 15.8. The van der Waals surface area contributed by atoms with Crippen molar-refractivity contribution in [2.45, 2.75) is 39.3 Å². The van der Waals surface area contributed by atoms with Crippen LogP contribution in [0.15, 0.2) is 23.0 Å². The van der Waals surface area contributed by atoms with Crippen LogP contribution < -0.4 is 5.56 Å². The zero-order valence-electron chi connectivity index (χ0n) is 13.0. The first-order valence-electron chi connectivity index (χ1n) is 7.83. The van der Waals surface area contributed by atoms with Crippen molar-refractivity contribution in [2.24, 2.45) is 0 Å². The first-order chi connectivity index (χ1) is 11.0. The molecular weight excluding hydrogens is 300 g/mol. The van der Waals surface area contributed by atoms with Crippen molar-refractivity contribution in [3.63, 3.8) is 0 Å². The van der Waals surface area contributed by atoms with E-state index in [4.69, 9.17) is 0 Å². The van der Waals surface area contributed by atoms with Gasteiger partial charge in [-0.15, -0.1) is 0 Å². The van der Waals surface area contributed by atoms with Crippen LogP contribution in [-0.4, -0.2) is 21.4 Å². The van der Waals surface area contributed by atoms with E-state index < -0.39 is 11.6 Å². The summed E-state index contributed by atoms with van der Waals surface area (Å²) in [4.78, 5) is 21.5. The minimum atomic E-state index is -0.572. The highest BCUT2D eigenvalue weighted by atomic mass is 19.1. The number of rotatable bonds is 4. The van der Waals surface area contributed by atoms with Gasteiger partial charge in [-0.1, -0.05) is 6.92 Å². The molecule has 0 saturated heterocycles. The van der Waals surface area contributed by atoms with Crippen LogP contribution in [-0.2, 0) is 25.9 Å². The Morgan fingerprint density at radius 2 is 2.00 bits per heavy atom. The summed E-state index contributed by atoms with van der Waals surface area (Å²) in [5.74, 6) is -0.440. The van der Waals surface area contributed by atoms with Crippen LogP contribution in [0.3, 0.4) is 0 Å². The smallest absolute Gasteiger partial charge is 0.254 e. The van der Waals surface area contributed by atoms with Gasteiger partial charge in [0, 0.05) is 37.7 Å². The molecule has 1 aliphatic heterocycles. The molecule has 0 saturated carbocycles. The normalized spacial score (nSPS) is 14.7. The van der Waals surface area contributed by atoms with Crippen LogP contribution in [0.4, 0.5) is 8.78 Å². The van der Waals surface area contributed by atoms with Crippen LogP contribution >= 0.6 is 0 Å². The number of H-pyrrole nitrogens is 1. The summed E-state index contributed by atoms with van der Waals surface area (Å²) >= 11 is 0. The van der Waals surface area contributed by atoms with Crippen molar-refractivity contribution in [1.82, 2.24) is 14.9 Å². The molecule has 0 bridgehead atoms. The molecule has 0 atom stereocenters. The molecule has 3 rings (SSSR count). The lowest BCUT2D eigenvalue weighted by molar-refractivity contribution is 0.239. The third-order valence-corrected chi connectivity index (χ3v) is 4.02. The molecule has 0 spiro atoms. The number of fused-ring (bicyclic) bond motifs is 1. The van der Waals surface area contributed by atoms with Crippen molar-refractivity contribution >= 4 is 0 Å². The Morgan fingerprint density at radius 1 is 1.26 bits per heavy atom. The van der Waals surface area contributed by atoms with E-state index in [1.165, 1.54) is 12.1 Å². The summed E-state index contributed by atoms with van der Waals surface area (Å²) in [6, 6.07) is 3.55. The maximum atomic E-state index is 13.3. The average Bonchev–Trinajstić information content (AvgIpc) is 2.46. The van der Waals surface area contributed by atoms with E-state index in [0.29, 0.717) is 37.4 Å². The van der Waals surface area contributed by atoms with E-state index in [9.17, 15) is 13.6 Å². The number of halogens is 2. The molecule has 4 nitrogen and oxygen atoms in total. The third kappa shape index (κ3) is 3.64. The van der Waals surface area contributed by atoms with E-state index >= 15 is 0 Å². The Morgan fingerprint density at radius 3 is 2.70 bits per heavy atom. The lowest BCUT2D eigenvalue weighted by atomic mass is 10.1. The fourth-order valence-corrected chi connectivity index (χ4v) is 3.00. The molecule has 0 fully saturated rings. The van der Waals surface area contributed by atoms with Gasteiger partial charge in [-0.2, -0.15) is 0 Å². The van der Waals surface area contributed by atoms with Gasteiger partial charge in [0.15, 0.2) is 0 Å². The van der Waals surface area contributed by atoms with Gasteiger partial charge in [0.2, 0.25) is 0 Å². The fraction of sp³-hybridized carbons (Fsp3) is 0.412. The Hall–Kier alpha value is -2.08. The molecule has 2 aromatic rings. The van der Waals surface area contributed by atoms with Gasteiger partial charge in [0.05, 0.1) is 5.69 Å². The lowest BCUT2D eigenvalue weighted by Gasteiger charge is -2.27. The molecule has 0 unspecified atom stereocenters. The highest BCUT2D eigenvalue weighted by Crippen LogP contribution is 2.18. The van der Waals surface area contributed by atoms with E-state index in [1.54, 1.807) is 0 Å². The Bertz CT molecular complexity index is 753. The van der Waals surface area contributed by atoms with Crippen LogP contribution in [0.1, 0.15) is 36.0 Å². The SMILES string of the molecule is CCCc1nc2c(c(=O)[nH]1)CCN(Cc1cc(F)cc(F)c1)C2. The van der Waals surface area contributed by atoms with Crippen molar-refractivity contribution in [2.75, 3.05) is 6.54 Å². The topological polar surface area (TPSA) is 49.0 Å². The predicted octanol–water partition coefficient (Wildman–Crippen LogP) is 2.56. The number of nitrogens with one attached hydrogen (secondary N) is 1. The molecule has 1 aromatic carbocycles. The van der Waals surface area contributed by atoms with Crippen molar-refractivity contribution in [1.29, 1.82) is 0 Å². The van der Waals surface area contributed by atoms with E-state index in [0.717, 1.165) is 30.2 Å². The molecule has 0 aliphatic carbocycles. The van der Waals surface area contributed by atoms with E-state index in [-0.39, 0.29) is 5.56 Å². The fourth-order valence-electron chi connectivity index (χ4n) is 3.00. The number of aryl methyl sites for hydroxylation is 1. The number of aromatic amines is 1. The molecule has 1 aromatic heterocycles. The maximum Gasteiger partial charge on any atom is 0.254 e. The molecule has 6 heteroatoms. The number of hydrogen-bond acceptors (Lipinski definition) is 3. The monoisotopic (exact) mass is 319 g/mol. The molecule has 1 N–H and O–H groups in total. The summed E-state index contributed by atoms with van der Waals surface area (Å²) in [5.41, 5.74) is 2.03. The standard InChI is InChI=1S/C17H19F2N3O/c1-2-3-16-20-15-10-22(5-4-14(15)17(23)21-16)9-11-6-12(18)8-13(19)7-11/h6-8H,2-5,9-10H2,1H3,(H,20,21,23). The minimum absolute atomic E-state index is 0.0603. The minimum Gasteiger partial charge on any atom is -0.310 e. The van der Waals surface area contributed by atoms with Gasteiger partial charge in [-0.25, -0.2) is 13.8 Å². The lowest BCUT2D eigenvalue weighted by Crippen LogP contribution is -2.35. The van der Waals surface area contributed by atoms with Crippen LogP contribution in [0, 0.1) is 11.6 Å². The zero-order valence-corrected chi connectivity index (χ0v) is 13.0. The van der Waals surface area contributed by atoms with Gasteiger partial charge < -0.3 is 4.98 Å². The van der Waals surface area contributed by atoms with Crippen LogP contribution in [0.25, 0.3) is 0 Å². The highest BCUT2D eigenvalue weighted by Gasteiger charge is 2.21. The summed E-state index contributed by atoms with van der Waals surface area (Å²) in [5, 5.41) is 0. The number of hydrogen-bond donors (Lipinski definition) is 1. The van der Waals surface area contributed by atoms with Crippen molar-refractivity contribution in [3.8, 4) is 0 Å². The Balaban J connectivity index is 1.80. The largest absolute Gasteiger partial charge is 0.310 e. The first-order valence-corrected chi connectivity index (χ1v) is 7.83. The van der Waals surface area contributed by atoms with Gasteiger partial charge in [-0.3, -0.25) is 9.69 Å². The van der Waals surface area contributed by atoms with E-state index in [2.05, 4.69) is 14.9 Å². The molecule has 1 aliphatic rings. The second kappa shape index (κ2) is 6.58. The predicted molar refractivity (Wildman–Crippen MR) is 83.0 cm³/mol. The van der Waals surface area contributed by atoms with Crippen molar-refractivity contribution in [3.05, 3.63) is 62.8 Å². The maximum absolute atomic E-state index is 13.3. The molecular formula is C17H19F2N3O. The molecule has 0 amide bonds. The number of nitrogens with zero attached hydrogens (tertiary/aromatic N) is 2. The summed E-state index contributed by atoms with van der Waals surface area (Å²) in [7, 11) is 0. The molecule has 122 valence electrons. The molecule has 0 radical (unpaired) electrons. The van der Waals surface area contributed by atoms with Crippen LogP contribution in [0.2, 0.25) is 0 Å². The highest BCUT2D eigenvalue weighted by molar-refractivity contribution is 5.22. The Labute approximate surface area is 133 Å². The number of aromatic nitrogens is 2. The van der Waals surface area contributed by atoms with Crippen molar-refractivity contribution < 1.29 is 8.78 Å².